The number of rotatable bonds is 7. The summed E-state index contributed by atoms with van der Waals surface area (Å²) in [5, 5.41) is 2.90. The van der Waals surface area contributed by atoms with Gasteiger partial charge in [0.1, 0.15) is 5.69 Å². The van der Waals surface area contributed by atoms with E-state index < -0.39 is 11.7 Å². The van der Waals surface area contributed by atoms with Gasteiger partial charge in [0.15, 0.2) is 0 Å². The van der Waals surface area contributed by atoms with Gasteiger partial charge in [-0.15, -0.1) is 0 Å². The predicted molar refractivity (Wildman–Crippen MR) is 100 cm³/mol. The van der Waals surface area contributed by atoms with Crippen molar-refractivity contribution in [1.82, 2.24) is 10.3 Å². The SMILES string of the molecule is O=C(NCC1CCOCC1)c1ccc(COCc2ccc(C(F)(F)F)cc2)cn1. The first-order valence-corrected chi connectivity index (χ1v) is 9.46. The number of benzene rings is 1. The molecule has 1 aromatic carbocycles. The quantitative estimate of drug-likeness (QED) is 0.753. The van der Waals surface area contributed by atoms with Crippen LogP contribution in [0.4, 0.5) is 13.2 Å². The monoisotopic (exact) mass is 408 g/mol. The van der Waals surface area contributed by atoms with Gasteiger partial charge in [0, 0.05) is 26.0 Å². The molecule has 1 saturated heterocycles. The predicted octanol–water partition coefficient (Wildman–Crippen LogP) is 3.97. The Morgan fingerprint density at radius 3 is 2.34 bits per heavy atom. The Morgan fingerprint density at radius 1 is 1.07 bits per heavy atom. The summed E-state index contributed by atoms with van der Waals surface area (Å²) in [5.74, 6) is 0.222. The molecule has 1 aromatic heterocycles. The number of hydrogen-bond donors (Lipinski definition) is 1. The Labute approximate surface area is 167 Å². The average molecular weight is 408 g/mol. The smallest absolute Gasteiger partial charge is 0.381 e. The van der Waals surface area contributed by atoms with Crippen LogP contribution in [-0.4, -0.2) is 30.6 Å². The minimum Gasteiger partial charge on any atom is -0.381 e. The molecule has 1 aliphatic heterocycles. The largest absolute Gasteiger partial charge is 0.416 e. The number of carbonyl (C=O) groups is 1. The second-order valence-corrected chi connectivity index (χ2v) is 7.00. The number of nitrogens with one attached hydrogen (secondary N) is 1. The number of alkyl halides is 3. The molecule has 0 radical (unpaired) electrons. The first-order valence-electron chi connectivity index (χ1n) is 9.46. The van der Waals surface area contributed by atoms with E-state index in [1.54, 1.807) is 18.3 Å². The van der Waals surface area contributed by atoms with Crippen LogP contribution in [0, 0.1) is 5.92 Å². The third-order valence-electron chi connectivity index (χ3n) is 4.77. The van der Waals surface area contributed by atoms with Crippen LogP contribution in [0.15, 0.2) is 42.6 Å². The lowest BCUT2D eigenvalue weighted by atomic mass is 10.0. The Balaban J connectivity index is 1.42. The van der Waals surface area contributed by atoms with Crippen molar-refractivity contribution in [2.24, 2.45) is 5.92 Å². The molecule has 0 saturated carbocycles. The van der Waals surface area contributed by atoms with E-state index >= 15 is 0 Å². The molecule has 3 rings (SSSR count). The van der Waals surface area contributed by atoms with Crippen LogP contribution in [0.1, 0.15) is 40.0 Å². The van der Waals surface area contributed by atoms with Crippen molar-refractivity contribution < 1.29 is 27.4 Å². The summed E-state index contributed by atoms with van der Waals surface area (Å²) in [6.45, 7) is 2.52. The maximum absolute atomic E-state index is 12.6. The van der Waals surface area contributed by atoms with Crippen molar-refractivity contribution in [2.75, 3.05) is 19.8 Å². The number of hydrogen-bond acceptors (Lipinski definition) is 4. The van der Waals surface area contributed by atoms with Gasteiger partial charge in [0.2, 0.25) is 0 Å². The summed E-state index contributed by atoms with van der Waals surface area (Å²) < 4.78 is 48.5. The lowest BCUT2D eigenvalue weighted by Gasteiger charge is -2.22. The zero-order valence-corrected chi connectivity index (χ0v) is 15.9. The van der Waals surface area contributed by atoms with Crippen molar-refractivity contribution in [3.05, 3.63) is 65.0 Å². The molecule has 0 atom stereocenters. The van der Waals surface area contributed by atoms with Gasteiger partial charge in [-0.2, -0.15) is 13.2 Å². The second-order valence-electron chi connectivity index (χ2n) is 7.00. The molecular formula is C21H23F3N2O3. The maximum atomic E-state index is 12.6. The molecule has 1 N–H and O–H groups in total. The molecule has 0 spiro atoms. The highest BCUT2D eigenvalue weighted by atomic mass is 19.4. The maximum Gasteiger partial charge on any atom is 0.416 e. The minimum atomic E-state index is -4.34. The highest BCUT2D eigenvalue weighted by molar-refractivity contribution is 5.92. The van der Waals surface area contributed by atoms with Crippen LogP contribution in [-0.2, 0) is 28.9 Å². The van der Waals surface area contributed by atoms with Crippen LogP contribution in [0.5, 0.6) is 0 Å². The van der Waals surface area contributed by atoms with Gasteiger partial charge in [-0.25, -0.2) is 0 Å². The highest BCUT2D eigenvalue weighted by Gasteiger charge is 2.29. The number of amides is 1. The normalized spacial score (nSPS) is 15.3. The first kappa shape index (κ1) is 21.3. The first-order chi connectivity index (χ1) is 13.9. The lowest BCUT2D eigenvalue weighted by Crippen LogP contribution is -2.32. The van der Waals surface area contributed by atoms with Crippen molar-refractivity contribution in [1.29, 1.82) is 0 Å². The molecule has 5 nitrogen and oxygen atoms in total. The van der Waals surface area contributed by atoms with Gasteiger partial charge in [-0.3, -0.25) is 9.78 Å². The van der Waals surface area contributed by atoms with Crippen molar-refractivity contribution in [2.45, 2.75) is 32.2 Å². The molecule has 8 heteroatoms. The number of aromatic nitrogens is 1. The van der Waals surface area contributed by atoms with E-state index in [1.807, 2.05) is 0 Å². The van der Waals surface area contributed by atoms with E-state index in [2.05, 4.69) is 10.3 Å². The molecule has 29 heavy (non-hydrogen) atoms. The topological polar surface area (TPSA) is 60.5 Å². The molecular weight excluding hydrogens is 385 g/mol. The van der Waals surface area contributed by atoms with Crippen LogP contribution in [0.25, 0.3) is 0 Å². The van der Waals surface area contributed by atoms with Gasteiger partial charge in [-0.05, 0) is 48.1 Å². The van der Waals surface area contributed by atoms with Crippen LogP contribution in [0.3, 0.4) is 0 Å². The summed E-state index contributed by atoms with van der Waals surface area (Å²) in [6.07, 6.45) is -0.883. The van der Waals surface area contributed by atoms with E-state index in [1.165, 1.54) is 12.1 Å². The van der Waals surface area contributed by atoms with Crippen LogP contribution < -0.4 is 5.32 Å². The Morgan fingerprint density at radius 2 is 1.72 bits per heavy atom. The van der Waals surface area contributed by atoms with Crippen molar-refractivity contribution >= 4 is 5.91 Å². The van der Waals surface area contributed by atoms with Crippen LogP contribution in [0.2, 0.25) is 0 Å². The average Bonchev–Trinajstić information content (AvgIpc) is 2.73. The summed E-state index contributed by atoms with van der Waals surface area (Å²) in [7, 11) is 0. The molecule has 1 aliphatic rings. The Hall–Kier alpha value is -2.45. The Bertz CT molecular complexity index is 786. The van der Waals surface area contributed by atoms with Crippen LogP contribution >= 0.6 is 0 Å². The van der Waals surface area contributed by atoms with E-state index in [0.717, 1.165) is 43.8 Å². The summed E-state index contributed by atoms with van der Waals surface area (Å²) in [4.78, 5) is 16.3. The fourth-order valence-electron chi connectivity index (χ4n) is 3.00. The van der Waals surface area contributed by atoms with Gasteiger partial charge in [0.25, 0.3) is 5.91 Å². The fourth-order valence-corrected chi connectivity index (χ4v) is 3.00. The summed E-state index contributed by atoms with van der Waals surface area (Å²) >= 11 is 0. The number of pyridine rings is 1. The molecule has 156 valence electrons. The fraction of sp³-hybridized carbons (Fsp3) is 0.429. The lowest BCUT2D eigenvalue weighted by molar-refractivity contribution is -0.137. The van der Waals surface area contributed by atoms with Gasteiger partial charge in [-0.1, -0.05) is 18.2 Å². The molecule has 1 amide bonds. The molecule has 0 bridgehead atoms. The standard InChI is InChI=1S/C21H23F3N2O3/c22-21(23,24)18-4-1-16(2-5-18)13-29-14-17-3-6-19(25-12-17)20(27)26-11-15-7-9-28-10-8-15/h1-6,12,15H,7-11,13-14H2,(H,26,27). The van der Waals surface area contributed by atoms with E-state index in [4.69, 9.17) is 9.47 Å². The number of ether oxygens (including phenoxy) is 2. The highest BCUT2D eigenvalue weighted by Crippen LogP contribution is 2.29. The zero-order chi connectivity index (χ0) is 20.7. The third-order valence-corrected chi connectivity index (χ3v) is 4.77. The van der Waals surface area contributed by atoms with E-state index in [0.29, 0.717) is 23.7 Å². The molecule has 1 fully saturated rings. The molecule has 2 heterocycles. The molecule has 2 aromatic rings. The van der Waals surface area contributed by atoms with Crippen molar-refractivity contribution in [3.63, 3.8) is 0 Å². The van der Waals surface area contributed by atoms with Gasteiger partial charge >= 0.3 is 6.18 Å². The van der Waals surface area contributed by atoms with Crippen molar-refractivity contribution in [3.8, 4) is 0 Å². The third kappa shape index (κ3) is 6.54. The number of halogens is 3. The molecule has 0 aliphatic carbocycles. The van der Waals surface area contributed by atoms with Gasteiger partial charge in [0.05, 0.1) is 18.8 Å². The van der Waals surface area contributed by atoms with Gasteiger partial charge < -0.3 is 14.8 Å². The molecule has 0 unspecified atom stereocenters. The summed E-state index contributed by atoms with van der Waals surface area (Å²) in [5.41, 5.74) is 1.08. The zero-order valence-electron chi connectivity index (χ0n) is 15.9. The van der Waals surface area contributed by atoms with E-state index in [-0.39, 0.29) is 19.1 Å². The Kier molecular flexibility index (Phi) is 7.22. The van der Waals surface area contributed by atoms with E-state index in [9.17, 15) is 18.0 Å². The second kappa shape index (κ2) is 9.84. The minimum absolute atomic E-state index is 0.186. The number of carbonyl (C=O) groups excluding carboxylic acids is 1. The summed E-state index contributed by atoms with van der Waals surface area (Å²) in [6, 6.07) is 8.25. The number of nitrogens with zero attached hydrogens (tertiary/aromatic N) is 1.